The maximum atomic E-state index is 12.6. The maximum absolute atomic E-state index is 12.6. The van der Waals surface area contributed by atoms with Crippen molar-refractivity contribution in [2.24, 2.45) is 0 Å². The van der Waals surface area contributed by atoms with Crippen molar-refractivity contribution < 1.29 is 22.7 Å². The van der Waals surface area contributed by atoms with E-state index in [1.807, 2.05) is 6.92 Å². The van der Waals surface area contributed by atoms with Crippen LogP contribution in [0.1, 0.15) is 22.8 Å². The highest BCUT2D eigenvalue weighted by Crippen LogP contribution is 2.32. The number of alkyl halides is 3. The monoisotopic (exact) mass is 297 g/mol. The number of hydrogen-bond acceptors (Lipinski definition) is 2. The minimum Gasteiger partial charge on any atom is -0.465 e. The summed E-state index contributed by atoms with van der Waals surface area (Å²) < 4.78 is 44.2. The molecule has 1 heterocycles. The number of ether oxygens (including phenoxy) is 1. The second-order valence-electron chi connectivity index (χ2n) is 4.48. The van der Waals surface area contributed by atoms with E-state index < -0.39 is 17.7 Å². The summed E-state index contributed by atoms with van der Waals surface area (Å²) >= 11 is 0. The number of nitrogens with zero attached hydrogens (tertiary/aromatic N) is 1. The van der Waals surface area contributed by atoms with Crippen molar-refractivity contribution >= 4 is 5.97 Å². The molecule has 3 nitrogen and oxygen atoms in total. The number of rotatable bonds is 3. The van der Waals surface area contributed by atoms with Crippen molar-refractivity contribution in [3.63, 3.8) is 0 Å². The summed E-state index contributed by atoms with van der Waals surface area (Å²) in [6.07, 6.45) is -1.03. The average Bonchev–Trinajstić information content (AvgIpc) is 2.90. The zero-order chi connectivity index (χ0) is 15.6. The van der Waals surface area contributed by atoms with Crippen LogP contribution in [0, 0.1) is 0 Å². The largest absolute Gasteiger partial charge is 0.465 e. The highest BCUT2D eigenvalue weighted by atomic mass is 19.4. The Balaban J connectivity index is 2.46. The first kappa shape index (κ1) is 15.2. The van der Waals surface area contributed by atoms with Gasteiger partial charge in [-0.25, -0.2) is 4.79 Å². The van der Waals surface area contributed by atoms with E-state index in [4.69, 9.17) is 4.74 Å². The third kappa shape index (κ3) is 3.09. The number of carbonyl (C=O) groups excluding carboxylic acids is 1. The highest BCUT2D eigenvalue weighted by molar-refractivity contribution is 5.97. The number of halogens is 3. The molecule has 0 aliphatic rings. The minimum atomic E-state index is -4.38. The van der Waals surface area contributed by atoms with Crippen LogP contribution in [0.3, 0.4) is 0 Å². The van der Waals surface area contributed by atoms with Gasteiger partial charge in [0.15, 0.2) is 0 Å². The molecule has 0 unspecified atom stereocenters. The minimum absolute atomic E-state index is 0.333. The standard InChI is InChI=1S/C15H14F3NO2/c1-3-19-8-12(13(9-19)14(20)21-2)10-4-6-11(7-5-10)15(16,17)18/h4-9H,3H2,1-2H3. The van der Waals surface area contributed by atoms with Crippen LogP contribution < -0.4 is 0 Å². The molecule has 0 aliphatic heterocycles. The number of benzene rings is 1. The summed E-state index contributed by atoms with van der Waals surface area (Å²) in [5, 5.41) is 0. The molecule has 0 bridgehead atoms. The van der Waals surface area contributed by atoms with Crippen LogP contribution in [-0.2, 0) is 17.5 Å². The van der Waals surface area contributed by atoms with Gasteiger partial charge in [-0.3, -0.25) is 0 Å². The molecule has 1 aromatic carbocycles. The fraction of sp³-hybridized carbons (Fsp3) is 0.267. The first-order chi connectivity index (χ1) is 9.86. The Labute approximate surface area is 120 Å². The van der Waals surface area contributed by atoms with Gasteiger partial charge < -0.3 is 9.30 Å². The Morgan fingerprint density at radius 2 is 1.81 bits per heavy atom. The van der Waals surface area contributed by atoms with Crippen LogP contribution >= 0.6 is 0 Å². The summed E-state index contributed by atoms with van der Waals surface area (Å²) in [4.78, 5) is 11.7. The van der Waals surface area contributed by atoms with Crippen molar-refractivity contribution in [2.75, 3.05) is 7.11 Å². The first-order valence-electron chi connectivity index (χ1n) is 6.32. The summed E-state index contributed by atoms with van der Waals surface area (Å²) in [6.45, 7) is 2.54. The number of aryl methyl sites for hydroxylation is 1. The molecule has 1 aromatic heterocycles. The van der Waals surface area contributed by atoms with E-state index >= 15 is 0 Å². The lowest BCUT2D eigenvalue weighted by Gasteiger charge is -2.07. The van der Waals surface area contributed by atoms with E-state index in [1.165, 1.54) is 19.2 Å². The van der Waals surface area contributed by atoms with Crippen LogP contribution in [-0.4, -0.2) is 17.6 Å². The van der Waals surface area contributed by atoms with Crippen molar-refractivity contribution in [2.45, 2.75) is 19.6 Å². The summed E-state index contributed by atoms with van der Waals surface area (Å²) in [6, 6.07) is 4.70. The molecule has 2 rings (SSSR count). The van der Waals surface area contributed by atoms with Crippen LogP contribution in [0.15, 0.2) is 36.7 Å². The summed E-state index contributed by atoms with van der Waals surface area (Å²) in [7, 11) is 1.27. The first-order valence-corrected chi connectivity index (χ1v) is 6.32. The third-order valence-corrected chi connectivity index (χ3v) is 3.17. The third-order valence-electron chi connectivity index (χ3n) is 3.17. The molecule has 0 saturated heterocycles. The lowest BCUT2D eigenvalue weighted by atomic mass is 10.0. The van der Waals surface area contributed by atoms with Crippen LogP contribution in [0.2, 0.25) is 0 Å². The molecule has 0 fully saturated rings. The molecular formula is C15H14F3NO2. The summed E-state index contributed by atoms with van der Waals surface area (Å²) in [5.41, 5.74) is 0.702. The number of aromatic nitrogens is 1. The lowest BCUT2D eigenvalue weighted by Crippen LogP contribution is -2.04. The van der Waals surface area contributed by atoms with Gasteiger partial charge in [0.25, 0.3) is 0 Å². The zero-order valence-corrected chi connectivity index (χ0v) is 11.6. The lowest BCUT2D eigenvalue weighted by molar-refractivity contribution is -0.137. The Bertz CT molecular complexity index is 642. The molecule has 6 heteroatoms. The predicted molar refractivity (Wildman–Crippen MR) is 71.9 cm³/mol. The molecule has 2 aromatic rings. The molecule has 0 aliphatic carbocycles. The number of esters is 1. The van der Waals surface area contributed by atoms with Gasteiger partial charge in [-0.1, -0.05) is 12.1 Å². The maximum Gasteiger partial charge on any atom is 0.416 e. The molecule has 0 amide bonds. The van der Waals surface area contributed by atoms with E-state index in [1.54, 1.807) is 17.0 Å². The second-order valence-corrected chi connectivity index (χ2v) is 4.48. The van der Waals surface area contributed by atoms with E-state index in [9.17, 15) is 18.0 Å². The fourth-order valence-corrected chi connectivity index (χ4v) is 2.03. The van der Waals surface area contributed by atoms with Gasteiger partial charge in [-0.15, -0.1) is 0 Å². The van der Waals surface area contributed by atoms with Gasteiger partial charge in [0, 0.05) is 24.5 Å². The van der Waals surface area contributed by atoms with Gasteiger partial charge in [0.2, 0.25) is 0 Å². The Hall–Kier alpha value is -2.24. The fourth-order valence-electron chi connectivity index (χ4n) is 2.03. The normalized spacial score (nSPS) is 11.5. The number of carbonyl (C=O) groups is 1. The predicted octanol–water partition coefficient (Wildman–Crippen LogP) is 3.98. The van der Waals surface area contributed by atoms with E-state index in [0.717, 1.165) is 12.1 Å². The topological polar surface area (TPSA) is 31.2 Å². The van der Waals surface area contributed by atoms with E-state index in [-0.39, 0.29) is 0 Å². The Morgan fingerprint density at radius 1 is 1.19 bits per heavy atom. The smallest absolute Gasteiger partial charge is 0.416 e. The van der Waals surface area contributed by atoms with E-state index in [2.05, 4.69) is 0 Å². The molecule has 0 saturated carbocycles. The Morgan fingerprint density at radius 3 is 2.29 bits per heavy atom. The van der Waals surface area contributed by atoms with Crippen molar-refractivity contribution in [3.05, 3.63) is 47.8 Å². The molecular weight excluding hydrogens is 283 g/mol. The molecule has 0 N–H and O–H groups in total. The van der Waals surface area contributed by atoms with Crippen LogP contribution in [0.5, 0.6) is 0 Å². The summed E-state index contributed by atoms with van der Waals surface area (Å²) in [5.74, 6) is -0.517. The van der Waals surface area contributed by atoms with Gasteiger partial charge in [-0.2, -0.15) is 13.2 Å². The van der Waals surface area contributed by atoms with Gasteiger partial charge in [0.1, 0.15) is 0 Å². The highest BCUT2D eigenvalue weighted by Gasteiger charge is 2.30. The van der Waals surface area contributed by atoms with Crippen molar-refractivity contribution in [3.8, 4) is 11.1 Å². The molecule has 0 atom stereocenters. The quantitative estimate of drug-likeness (QED) is 0.802. The molecule has 0 radical (unpaired) electrons. The molecule has 21 heavy (non-hydrogen) atoms. The second kappa shape index (κ2) is 5.63. The van der Waals surface area contributed by atoms with Crippen molar-refractivity contribution in [1.29, 1.82) is 0 Å². The zero-order valence-electron chi connectivity index (χ0n) is 11.6. The van der Waals surface area contributed by atoms with Gasteiger partial charge in [0.05, 0.1) is 18.2 Å². The Kier molecular flexibility index (Phi) is 4.06. The van der Waals surface area contributed by atoms with Gasteiger partial charge in [-0.05, 0) is 24.6 Å². The SMILES string of the molecule is CCn1cc(C(=O)OC)c(-c2ccc(C(F)(F)F)cc2)c1. The molecule has 0 spiro atoms. The molecule has 112 valence electrons. The van der Waals surface area contributed by atoms with Crippen molar-refractivity contribution in [1.82, 2.24) is 4.57 Å². The average molecular weight is 297 g/mol. The van der Waals surface area contributed by atoms with Crippen LogP contribution in [0.4, 0.5) is 13.2 Å². The van der Waals surface area contributed by atoms with E-state index in [0.29, 0.717) is 23.2 Å². The van der Waals surface area contributed by atoms with Gasteiger partial charge >= 0.3 is 12.1 Å². The number of methoxy groups -OCH3 is 1. The van der Waals surface area contributed by atoms with Crippen LogP contribution in [0.25, 0.3) is 11.1 Å². The number of hydrogen-bond donors (Lipinski definition) is 0.